The van der Waals surface area contributed by atoms with Crippen LogP contribution < -0.4 is 0 Å². The van der Waals surface area contributed by atoms with Gasteiger partial charge in [-0.05, 0) is 43.0 Å². The molecule has 1 aliphatic carbocycles. The van der Waals surface area contributed by atoms with Gasteiger partial charge in [0.25, 0.3) is 0 Å². The van der Waals surface area contributed by atoms with Crippen LogP contribution >= 0.6 is 0 Å². The van der Waals surface area contributed by atoms with E-state index in [0.717, 1.165) is 12.1 Å². The molecule has 1 aliphatic rings. The molecule has 4 heteroatoms. The quantitative estimate of drug-likeness (QED) is 0.723. The molecule has 86 valence electrons. The van der Waals surface area contributed by atoms with Crippen LogP contribution in [0.25, 0.3) is 0 Å². The maximum Gasteiger partial charge on any atom is 0.309 e. The SMILES string of the molecule is CCOC(=O)C1Cc2c(F)ccc(F)c2C1. The number of benzene rings is 1. The Balaban J connectivity index is 2.24. The summed E-state index contributed by atoms with van der Waals surface area (Å²) >= 11 is 0. The second kappa shape index (κ2) is 4.20. The third-order valence-electron chi connectivity index (χ3n) is 2.84. The summed E-state index contributed by atoms with van der Waals surface area (Å²) in [5.74, 6) is -1.70. The number of esters is 1. The van der Waals surface area contributed by atoms with Crippen LogP contribution in [0.2, 0.25) is 0 Å². The average Bonchev–Trinajstić information content (AvgIpc) is 2.70. The molecule has 2 nitrogen and oxygen atoms in total. The molecular weight excluding hydrogens is 214 g/mol. The summed E-state index contributed by atoms with van der Waals surface area (Å²) in [5, 5.41) is 0. The molecule has 0 N–H and O–H groups in total. The van der Waals surface area contributed by atoms with Gasteiger partial charge >= 0.3 is 5.97 Å². The molecule has 0 bridgehead atoms. The first-order valence-electron chi connectivity index (χ1n) is 5.25. The van der Waals surface area contributed by atoms with Crippen molar-refractivity contribution in [2.45, 2.75) is 19.8 Å². The zero-order valence-corrected chi connectivity index (χ0v) is 8.93. The predicted octanol–water partition coefficient (Wildman–Crippen LogP) is 2.24. The largest absolute Gasteiger partial charge is 0.466 e. The van der Waals surface area contributed by atoms with Crippen LogP contribution in [0.5, 0.6) is 0 Å². The Labute approximate surface area is 92.2 Å². The van der Waals surface area contributed by atoms with Crippen LogP contribution in [-0.4, -0.2) is 12.6 Å². The smallest absolute Gasteiger partial charge is 0.309 e. The fourth-order valence-electron chi connectivity index (χ4n) is 2.07. The highest BCUT2D eigenvalue weighted by Crippen LogP contribution is 2.31. The minimum atomic E-state index is -0.443. The summed E-state index contributed by atoms with van der Waals surface area (Å²) < 4.78 is 31.6. The summed E-state index contributed by atoms with van der Waals surface area (Å²) in [6, 6.07) is 2.20. The van der Waals surface area contributed by atoms with Crippen molar-refractivity contribution >= 4 is 5.97 Å². The van der Waals surface area contributed by atoms with Crippen LogP contribution in [-0.2, 0) is 22.4 Å². The van der Waals surface area contributed by atoms with E-state index in [1.165, 1.54) is 0 Å². The monoisotopic (exact) mass is 226 g/mol. The molecule has 0 saturated heterocycles. The van der Waals surface area contributed by atoms with Gasteiger partial charge in [-0.25, -0.2) is 8.78 Å². The number of fused-ring (bicyclic) bond motifs is 1. The van der Waals surface area contributed by atoms with E-state index in [2.05, 4.69) is 0 Å². The van der Waals surface area contributed by atoms with Gasteiger partial charge < -0.3 is 4.74 Å². The van der Waals surface area contributed by atoms with Crippen molar-refractivity contribution < 1.29 is 18.3 Å². The lowest BCUT2D eigenvalue weighted by molar-refractivity contribution is -0.147. The lowest BCUT2D eigenvalue weighted by atomic mass is 10.1. The van der Waals surface area contributed by atoms with E-state index in [1.54, 1.807) is 6.92 Å². The molecule has 16 heavy (non-hydrogen) atoms. The summed E-state index contributed by atoms with van der Waals surface area (Å²) in [5.41, 5.74) is 0.635. The van der Waals surface area contributed by atoms with Crippen LogP contribution in [0.3, 0.4) is 0 Å². The molecule has 0 spiro atoms. The van der Waals surface area contributed by atoms with Crippen molar-refractivity contribution in [1.82, 2.24) is 0 Å². The first-order valence-corrected chi connectivity index (χ1v) is 5.25. The number of halogens is 2. The normalized spacial score (nSPS) is 14.9. The van der Waals surface area contributed by atoms with E-state index in [9.17, 15) is 13.6 Å². The molecule has 0 heterocycles. The van der Waals surface area contributed by atoms with Gasteiger partial charge in [0.1, 0.15) is 11.6 Å². The molecule has 1 aromatic rings. The molecule has 0 saturated carbocycles. The maximum atomic E-state index is 13.4. The lowest BCUT2D eigenvalue weighted by Gasteiger charge is -2.06. The maximum absolute atomic E-state index is 13.4. The Morgan fingerprint density at radius 1 is 1.31 bits per heavy atom. The number of carbonyl (C=O) groups excluding carboxylic acids is 1. The Morgan fingerprint density at radius 2 is 1.81 bits per heavy atom. The van der Waals surface area contributed by atoms with Gasteiger partial charge in [-0.2, -0.15) is 0 Å². The number of rotatable bonds is 2. The second-order valence-corrected chi connectivity index (χ2v) is 3.84. The Morgan fingerprint density at radius 3 is 2.25 bits per heavy atom. The van der Waals surface area contributed by atoms with Crippen molar-refractivity contribution in [3.8, 4) is 0 Å². The van der Waals surface area contributed by atoms with Crippen LogP contribution in [0.15, 0.2) is 12.1 Å². The summed E-state index contributed by atoms with van der Waals surface area (Å²) in [4.78, 5) is 11.5. The number of ether oxygens (including phenoxy) is 1. The van der Waals surface area contributed by atoms with Crippen LogP contribution in [0, 0.1) is 17.6 Å². The zero-order chi connectivity index (χ0) is 11.7. The van der Waals surface area contributed by atoms with E-state index >= 15 is 0 Å². The van der Waals surface area contributed by atoms with Gasteiger partial charge in [-0.1, -0.05) is 0 Å². The van der Waals surface area contributed by atoms with Gasteiger partial charge in [0, 0.05) is 0 Å². The highest BCUT2D eigenvalue weighted by molar-refractivity contribution is 5.74. The van der Waals surface area contributed by atoms with Crippen molar-refractivity contribution in [2.24, 2.45) is 5.92 Å². The van der Waals surface area contributed by atoms with E-state index in [4.69, 9.17) is 4.74 Å². The standard InChI is InChI=1S/C12H12F2O2/c1-2-16-12(15)7-5-8-9(6-7)11(14)4-3-10(8)13/h3-4,7H,2,5-6H2,1H3. The molecular formula is C12H12F2O2. The Hall–Kier alpha value is -1.45. The predicted molar refractivity (Wildman–Crippen MR) is 53.9 cm³/mol. The molecule has 0 radical (unpaired) electrons. The first-order chi connectivity index (χ1) is 7.63. The third-order valence-corrected chi connectivity index (χ3v) is 2.84. The van der Waals surface area contributed by atoms with Gasteiger partial charge in [0.2, 0.25) is 0 Å². The second-order valence-electron chi connectivity index (χ2n) is 3.84. The number of hydrogen-bond donors (Lipinski definition) is 0. The van der Waals surface area contributed by atoms with Gasteiger partial charge in [-0.3, -0.25) is 4.79 Å². The average molecular weight is 226 g/mol. The van der Waals surface area contributed by atoms with Gasteiger partial charge in [-0.15, -0.1) is 0 Å². The zero-order valence-electron chi connectivity index (χ0n) is 8.93. The molecule has 0 aromatic heterocycles. The summed E-state index contributed by atoms with van der Waals surface area (Å²) in [6.45, 7) is 2.00. The fourth-order valence-corrected chi connectivity index (χ4v) is 2.07. The van der Waals surface area contributed by atoms with E-state index < -0.39 is 17.6 Å². The van der Waals surface area contributed by atoms with Crippen LogP contribution in [0.1, 0.15) is 18.1 Å². The highest BCUT2D eigenvalue weighted by Gasteiger charge is 2.32. The van der Waals surface area contributed by atoms with Crippen molar-refractivity contribution in [3.63, 3.8) is 0 Å². The first kappa shape index (κ1) is 11.0. The summed E-state index contributed by atoms with van der Waals surface area (Å²) in [6.07, 6.45) is 0.468. The number of hydrogen-bond acceptors (Lipinski definition) is 2. The van der Waals surface area contributed by atoms with Gasteiger partial charge in [0.15, 0.2) is 0 Å². The molecule has 0 aliphatic heterocycles. The topological polar surface area (TPSA) is 26.3 Å². The van der Waals surface area contributed by atoms with Crippen molar-refractivity contribution in [1.29, 1.82) is 0 Å². The fraction of sp³-hybridized carbons (Fsp3) is 0.417. The Kier molecular flexibility index (Phi) is 2.90. The van der Waals surface area contributed by atoms with Gasteiger partial charge in [0.05, 0.1) is 12.5 Å². The van der Waals surface area contributed by atoms with E-state index in [0.29, 0.717) is 11.1 Å². The van der Waals surface area contributed by atoms with Crippen molar-refractivity contribution in [3.05, 3.63) is 34.9 Å². The van der Waals surface area contributed by atoms with Crippen molar-refractivity contribution in [2.75, 3.05) is 6.61 Å². The van der Waals surface area contributed by atoms with E-state index in [-0.39, 0.29) is 25.4 Å². The van der Waals surface area contributed by atoms with E-state index in [1.807, 2.05) is 0 Å². The molecule has 2 rings (SSSR count). The summed E-state index contributed by atoms with van der Waals surface area (Å²) in [7, 11) is 0. The molecule has 0 amide bonds. The number of carbonyl (C=O) groups is 1. The molecule has 0 atom stereocenters. The highest BCUT2D eigenvalue weighted by atomic mass is 19.1. The third kappa shape index (κ3) is 1.79. The lowest BCUT2D eigenvalue weighted by Crippen LogP contribution is -2.17. The molecule has 0 unspecified atom stereocenters. The molecule has 1 aromatic carbocycles. The minimum Gasteiger partial charge on any atom is -0.466 e. The van der Waals surface area contributed by atoms with Crippen LogP contribution in [0.4, 0.5) is 8.78 Å². The molecule has 0 fully saturated rings. The minimum absolute atomic E-state index is 0.234. The Bertz CT molecular complexity index is 398.